The van der Waals surface area contributed by atoms with Gasteiger partial charge in [0, 0.05) is 18.3 Å². The maximum Gasteiger partial charge on any atom is 0.253 e. The second-order valence-electron chi connectivity index (χ2n) is 4.80. The molecule has 1 rings (SSSR count). The van der Waals surface area contributed by atoms with Crippen molar-refractivity contribution in [2.75, 3.05) is 23.9 Å². The molecule has 3 nitrogen and oxygen atoms in total. The predicted octanol–water partition coefficient (Wildman–Crippen LogP) is 3.38. The van der Waals surface area contributed by atoms with E-state index in [4.69, 9.17) is 0 Å². The predicted molar refractivity (Wildman–Crippen MR) is 85.1 cm³/mol. The second-order valence-corrected chi connectivity index (χ2v) is 5.79. The highest BCUT2D eigenvalue weighted by atomic mass is 32.2. The number of thioether (sulfide) groups is 1. The molecule has 0 unspecified atom stereocenters. The SMILES string of the molecule is CSCCCCNC(=O)c1ccccc1NC(C)C. The first-order valence-electron chi connectivity index (χ1n) is 6.78. The van der Waals surface area contributed by atoms with Gasteiger partial charge in [-0.1, -0.05) is 12.1 Å². The van der Waals surface area contributed by atoms with Crippen LogP contribution in [0.4, 0.5) is 5.69 Å². The summed E-state index contributed by atoms with van der Waals surface area (Å²) < 4.78 is 0. The summed E-state index contributed by atoms with van der Waals surface area (Å²) in [5.74, 6) is 1.16. The van der Waals surface area contributed by atoms with E-state index in [9.17, 15) is 4.79 Å². The highest BCUT2D eigenvalue weighted by molar-refractivity contribution is 7.98. The third-order valence-electron chi connectivity index (χ3n) is 2.68. The summed E-state index contributed by atoms with van der Waals surface area (Å²) >= 11 is 1.84. The smallest absolute Gasteiger partial charge is 0.253 e. The van der Waals surface area contributed by atoms with E-state index in [1.165, 1.54) is 0 Å². The van der Waals surface area contributed by atoms with Gasteiger partial charge in [0.1, 0.15) is 0 Å². The average Bonchev–Trinajstić information content (AvgIpc) is 2.38. The summed E-state index contributed by atoms with van der Waals surface area (Å²) in [5, 5.41) is 6.28. The molecule has 0 heterocycles. The number of carbonyl (C=O) groups is 1. The van der Waals surface area contributed by atoms with Crippen LogP contribution in [0.5, 0.6) is 0 Å². The van der Waals surface area contributed by atoms with E-state index >= 15 is 0 Å². The Balaban J connectivity index is 2.51. The van der Waals surface area contributed by atoms with Crippen molar-refractivity contribution < 1.29 is 4.79 Å². The van der Waals surface area contributed by atoms with Gasteiger partial charge in [0.15, 0.2) is 0 Å². The molecule has 1 aromatic rings. The lowest BCUT2D eigenvalue weighted by molar-refractivity contribution is 0.0954. The van der Waals surface area contributed by atoms with E-state index in [2.05, 4.69) is 30.7 Å². The summed E-state index contributed by atoms with van der Waals surface area (Å²) in [5.41, 5.74) is 1.63. The van der Waals surface area contributed by atoms with Crippen molar-refractivity contribution >= 4 is 23.4 Å². The zero-order valence-corrected chi connectivity index (χ0v) is 12.8. The Hall–Kier alpha value is -1.16. The van der Waals surface area contributed by atoms with Crippen LogP contribution in [0.25, 0.3) is 0 Å². The van der Waals surface area contributed by atoms with Gasteiger partial charge < -0.3 is 10.6 Å². The van der Waals surface area contributed by atoms with Crippen LogP contribution < -0.4 is 10.6 Å². The number of para-hydroxylation sites is 1. The largest absolute Gasteiger partial charge is 0.382 e. The molecule has 19 heavy (non-hydrogen) atoms. The van der Waals surface area contributed by atoms with Crippen molar-refractivity contribution in [3.63, 3.8) is 0 Å². The number of benzene rings is 1. The Labute approximate surface area is 120 Å². The first-order valence-corrected chi connectivity index (χ1v) is 8.17. The van der Waals surface area contributed by atoms with Crippen LogP contribution in [0, 0.1) is 0 Å². The number of amides is 1. The minimum atomic E-state index is 0.00732. The molecule has 0 bridgehead atoms. The summed E-state index contributed by atoms with van der Waals surface area (Å²) in [6, 6.07) is 7.97. The molecule has 1 aromatic carbocycles. The highest BCUT2D eigenvalue weighted by Gasteiger charge is 2.10. The fraction of sp³-hybridized carbons (Fsp3) is 0.533. The van der Waals surface area contributed by atoms with Crippen LogP contribution in [0.2, 0.25) is 0 Å². The van der Waals surface area contributed by atoms with Gasteiger partial charge in [-0.25, -0.2) is 0 Å². The molecular weight excluding hydrogens is 256 g/mol. The number of hydrogen-bond acceptors (Lipinski definition) is 3. The molecule has 0 fully saturated rings. The Morgan fingerprint density at radius 1 is 1.26 bits per heavy atom. The fourth-order valence-corrected chi connectivity index (χ4v) is 2.28. The van der Waals surface area contributed by atoms with Crippen molar-refractivity contribution in [2.24, 2.45) is 0 Å². The lowest BCUT2D eigenvalue weighted by Crippen LogP contribution is -2.26. The molecule has 0 radical (unpaired) electrons. The van der Waals surface area contributed by atoms with Gasteiger partial charge >= 0.3 is 0 Å². The van der Waals surface area contributed by atoms with Gasteiger partial charge in [-0.2, -0.15) is 11.8 Å². The molecule has 0 spiro atoms. The van der Waals surface area contributed by atoms with Crippen LogP contribution in [-0.2, 0) is 0 Å². The van der Waals surface area contributed by atoms with Crippen molar-refractivity contribution in [1.82, 2.24) is 5.32 Å². The number of anilines is 1. The van der Waals surface area contributed by atoms with E-state index in [0.29, 0.717) is 6.04 Å². The van der Waals surface area contributed by atoms with Gasteiger partial charge in [-0.3, -0.25) is 4.79 Å². The first kappa shape index (κ1) is 15.9. The Bertz CT molecular complexity index is 393. The normalized spacial score (nSPS) is 10.5. The molecule has 0 saturated carbocycles. The van der Waals surface area contributed by atoms with Crippen LogP contribution in [-0.4, -0.2) is 30.5 Å². The molecule has 4 heteroatoms. The van der Waals surface area contributed by atoms with Crippen molar-refractivity contribution in [1.29, 1.82) is 0 Å². The average molecular weight is 280 g/mol. The second kappa shape index (κ2) is 8.86. The Morgan fingerprint density at radius 2 is 2.00 bits per heavy atom. The Morgan fingerprint density at radius 3 is 2.68 bits per heavy atom. The number of carbonyl (C=O) groups excluding carboxylic acids is 1. The summed E-state index contributed by atoms with van der Waals surface area (Å²) in [6.07, 6.45) is 4.28. The highest BCUT2D eigenvalue weighted by Crippen LogP contribution is 2.15. The monoisotopic (exact) mass is 280 g/mol. The maximum absolute atomic E-state index is 12.1. The van der Waals surface area contributed by atoms with Gasteiger partial charge in [-0.15, -0.1) is 0 Å². The van der Waals surface area contributed by atoms with Gasteiger partial charge in [0.25, 0.3) is 5.91 Å². The zero-order valence-electron chi connectivity index (χ0n) is 12.0. The molecule has 0 aliphatic carbocycles. The lowest BCUT2D eigenvalue weighted by atomic mass is 10.1. The molecule has 0 aliphatic heterocycles. The summed E-state index contributed by atoms with van der Waals surface area (Å²) in [6.45, 7) is 4.88. The van der Waals surface area contributed by atoms with E-state index in [-0.39, 0.29) is 5.91 Å². The van der Waals surface area contributed by atoms with E-state index in [1.54, 1.807) is 0 Å². The van der Waals surface area contributed by atoms with Crippen molar-refractivity contribution in [3.8, 4) is 0 Å². The maximum atomic E-state index is 12.1. The third kappa shape index (κ3) is 6.01. The molecule has 0 atom stereocenters. The number of nitrogens with one attached hydrogen (secondary N) is 2. The zero-order chi connectivity index (χ0) is 14.1. The molecule has 2 N–H and O–H groups in total. The minimum Gasteiger partial charge on any atom is -0.382 e. The summed E-state index contributed by atoms with van der Waals surface area (Å²) in [4.78, 5) is 12.1. The van der Waals surface area contributed by atoms with Crippen LogP contribution >= 0.6 is 11.8 Å². The fourth-order valence-electron chi connectivity index (χ4n) is 1.79. The molecule has 0 saturated heterocycles. The van der Waals surface area contributed by atoms with Crippen molar-refractivity contribution in [3.05, 3.63) is 29.8 Å². The first-order chi connectivity index (χ1) is 9.15. The standard InChI is InChI=1S/C15H24N2OS/c1-12(2)17-14-9-5-4-8-13(14)15(18)16-10-6-7-11-19-3/h4-5,8-9,12,17H,6-7,10-11H2,1-3H3,(H,16,18). The summed E-state index contributed by atoms with van der Waals surface area (Å²) in [7, 11) is 0. The van der Waals surface area contributed by atoms with Gasteiger partial charge in [0.2, 0.25) is 0 Å². The van der Waals surface area contributed by atoms with E-state index in [1.807, 2.05) is 36.0 Å². The van der Waals surface area contributed by atoms with Crippen LogP contribution in [0.15, 0.2) is 24.3 Å². The van der Waals surface area contributed by atoms with Crippen LogP contribution in [0.1, 0.15) is 37.0 Å². The van der Waals surface area contributed by atoms with Crippen LogP contribution in [0.3, 0.4) is 0 Å². The quantitative estimate of drug-likeness (QED) is 0.717. The van der Waals surface area contributed by atoms with Gasteiger partial charge in [-0.05, 0) is 50.8 Å². The Kier molecular flexibility index (Phi) is 7.41. The number of unbranched alkanes of at least 4 members (excludes halogenated alkanes) is 1. The molecule has 106 valence electrons. The lowest BCUT2D eigenvalue weighted by Gasteiger charge is -2.14. The van der Waals surface area contributed by atoms with E-state index in [0.717, 1.165) is 36.4 Å². The molecular formula is C15H24N2OS. The number of rotatable bonds is 8. The molecule has 0 aliphatic rings. The minimum absolute atomic E-state index is 0.00732. The van der Waals surface area contributed by atoms with E-state index < -0.39 is 0 Å². The number of hydrogen-bond donors (Lipinski definition) is 2. The topological polar surface area (TPSA) is 41.1 Å². The van der Waals surface area contributed by atoms with Crippen molar-refractivity contribution in [2.45, 2.75) is 32.7 Å². The third-order valence-corrected chi connectivity index (χ3v) is 3.37. The van der Waals surface area contributed by atoms with Gasteiger partial charge in [0.05, 0.1) is 5.56 Å². The molecule has 0 aromatic heterocycles. The molecule has 1 amide bonds.